The Hall–Kier alpha value is -1.86. The molecule has 0 spiro atoms. The molecule has 3 rings (SSSR count). The summed E-state index contributed by atoms with van der Waals surface area (Å²) in [5.74, 6) is 6.95. The number of fused-ring (bicyclic) bond motifs is 1. The van der Waals surface area contributed by atoms with Gasteiger partial charge in [-0.1, -0.05) is 0 Å². The topological polar surface area (TPSA) is 83.5 Å². The molecule has 4 N–H and O–H groups in total. The van der Waals surface area contributed by atoms with Crippen molar-refractivity contribution in [1.82, 2.24) is 19.7 Å². The van der Waals surface area contributed by atoms with Crippen molar-refractivity contribution < 1.29 is 0 Å². The molecule has 17 heavy (non-hydrogen) atoms. The summed E-state index contributed by atoms with van der Waals surface area (Å²) >= 11 is 0. The molecule has 0 unspecified atom stereocenters. The number of nitrogens with two attached hydrogens (primary N) is 1. The summed E-state index contributed by atoms with van der Waals surface area (Å²) in [4.78, 5) is 11.1. The van der Waals surface area contributed by atoms with Gasteiger partial charge in [-0.2, -0.15) is 0 Å². The minimum absolute atomic E-state index is 0.643. The van der Waals surface area contributed by atoms with Gasteiger partial charge in [-0.3, -0.25) is 0 Å². The predicted molar refractivity (Wildman–Crippen MR) is 65.9 cm³/mol. The van der Waals surface area contributed by atoms with Crippen LogP contribution in [0.5, 0.6) is 0 Å². The number of aromatic nitrogens is 3. The minimum Gasteiger partial charge on any atom is -0.351 e. The van der Waals surface area contributed by atoms with E-state index in [4.69, 9.17) is 5.84 Å². The molecule has 0 amide bonds. The van der Waals surface area contributed by atoms with Crippen molar-refractivity contribution in [3.63, 3.8) is 0 Å². The Morgan fingerprint density at radius 2 is 2.18 bits per heavy atom. The Labute approximate surface area is 98.6 Å². The molecule has 2 aromatic heterocycles. The molecule has 0 aromatic carbocycles. The Bertz CT molecular complexity index is 514. The van der Waals surface area contributed by atoms with E-state index in [1.54, 1.807) is 6.20 Å². The lowest BCUT2D eigenvalue weighted by molar-refractivity contribution is 0.585. The number of imidazole rings is 1. The fraction of sp³-hybridized carbons (Fsp3) is 0.400. The number of nitrogens with one attached hydrogen (secondary N) is 2. The van der Waals surface area contributed by atoms with Crippen LogP contribution in [0.2, 0.25) is 0 Å². The lowest BCUT2D eigenvalue weighted by atomic mass is 10.3. The molecular weight excluding hydrogens is 218 g/mol. The van der Waals surface area contributed by atoms with Crippen LogP contribution in [0.15, 0.2) is 18.6 Å². The molecule has 0 aliphatic carbocycles. The number of piperazine rings is 1. The Balaban J connectivity index is 2.08. The van der Waals surface area contributed by atoms with Gasteiger partial charge in [0.15, 0.2) is 17.3 Å². The van der Waals surface area contributed by atoms with E-state index in [-0.39, 0.29) is 0 Å². The first-order valence-corrected chi connectivity index (χ1v) is 5.64. The van der Waals surface area contributed by atoms with Crippen LogP contribution in [0.4, 0.5) is 11.6 Å². The van der Waals surface area contributed by atoms with Gasteiger partial charge >= 0.3 is 0 Å². The van der Waals surface area contributed by atoms with Crippen molar-refractivity contribution in [3.05, 3.63) is 18.6 Å². The van der Waals surface area contributed by atoms with Gasteiger partial charge in [-0.25, -0.2) is 15.8 Å². The third kappa shape index (κ3) is 1.79. The molecule has 1 aliphatic heterocycles. The van der Waals surface area contributed by atoms with Crippen LogP contribution in [0.25, 0.3) is 5.65 Å². The summed E-state index contributed by atoms with van der Waals surface area (Å²) in [6.07, 6.45) is 5.49. The van der Waals surface area contributed by atoms with Crippen molar-refractivity contribution in [2.45, 2.75) is 0 Å². The first kappa shape index (κ1) is 10.3. The number of nitrogens with zero attached hydrogens (tertiary/aromatic N) is 4. The Morgan fingerprint density at radius 1 is 1.35 bits per heavy atom. The van der Waals surface area contributed by atoms with Gasteiger partial charge in [0, 0.05) is 38.6 Å². The summed E-state index contributed by atoms with van der Waals surface area (Å²) in [7, 11) is 0. The monoisotopic (exact) mass is 233 g/mol. The van der Waals surface area contributed by atoms with E-state index in [1.807, 2.05) is 16.8 Å². The van der Waals surface area contributed by atoms with Gasteiger partial charge in [0.05, 0.1) is 6.20 Å². The summed E-state index contributed by atoms with van der Waals surface area (Å²) in [6.45, 7) is 3.80. The van der Waals surface area contributed by atoms with Gasteiger partial charge in [0.1, 0.15) is 0 Å². The summed E-state index contributed by atoms with van der Waals surface area (Å²) in [5.41, 5.74) is 3.45. The van der Waals surface area contributed by atoms with E-state index in [0.717, 1.165) is 37.6 Å². The summed E-state index contributed by atoms with van der Waals surface area (Å²) in [5, 5.41) is 3.32. The second-order valence-corrected chi connectivity index (χ2v) is 3.99. The van der Waals surface area contributed by atoms with Gasteiger partial charge in [-0.15, -0.1) is 0 Å². The normalized spacial score (nSPS) is 16.4. The largest absolute Gasteiger partial charge is 0.351 e. The third-order valence-corrected chi connectivity index (χ3v) is 2.92. The quantitative estimate of drug-likeness (QED) is 0.476. The van der Waals surface area contributed by atoms with E-state index >= 15 is 0 Å². The highest BCUT2D eigenvalue weighted by molar-refractivity contribution is 5.66. The van der Waals surface area contributed by atoms with Crippen LogP contribution < -0.4 is 21.5 Å². The molecule has 1 aliphatic rings. The lowest BCUT2D eigenvalue weighted by Gasteiger charge is -2.28. The number of hydrazine groups is 1. The molecular formula is C10H15N7. The third-order valence-electron chi connectivity index (χ3n) is 2.92. The van der Waals surface area contributed by atoms with Gasteiger partial charge in [0.2, 0.25) is 0 Å². The number of nitrogen functional groups attached to an aromatic ring is 1. The highest BCUT2D eigenvalue weighted by Crippen LogP contribution is 2.20. The number of rotatable bonds is 2. The zero-order chi connectivity index (χ0) is 11.7. The zero-order valence-corrected chi connectivity index (χ0v) is 9.43. The average molecular weight is 233 g/mol. The number of hydrogen-bond donors (Lipinski definition) is 3. The number of hydrogen-bond acceptors (Lipinski definition) is 6. The van der Waals surface area contributed by atoms with E-state index in [2.05, 4.69) is 25.6 Å². The van der Waals surface area contributed by atoms with Crippen molar-refractivity contribution >= 4 is 17.3 Å². The Kier molecular flexibility index (Phi) is 2.54. The molecule has 7 heteroatoms. The fourth-order valence-electron chi connectivity index (χ4n) is 2.07. The first-order valence-electron chi connectivity index (χ1n) is 5.64. The molecule has 1 fully saturated rings. The van der Waals surface area contributed by atoms with E-state index < -0.39 is 0 Å². The zero-order valence-electron chi connectivity index (χ0n) is 9.43. The van der Waals surface area contributed by atoms with Gasteiger partial charge in [-0.05, 0) is 0 Å². The maximum Gasteiger partial charge on any atom is 0.180 e. The maximum absolute atomic E-state index is 5.43. The smallest absolute Gasteiger partial charge is 0.180 e. The van der Waals surface area contributed by atoms with E-state index in [1.165, 1.54) is 0 Å². The lowest BCUT2D eigenvalue weighted by Crippen LogP contribution is -2.44. The minimum atomic E-state index is 0.643. The van der Waals surface area contributed by atoms with Crippen LogP contribution in [0.3, 0.4) is 0 Å². The average Bonchev–Trinajstić information content (AvgIpc) is 2.86. The molecule has 7 nitrogen and oxygen atoms in total. The molecule has 0 saturated carbocycles. The summed E-state index contributed by atoms with van der Waals surface area (Å²) in [6, 6.07) is 0. The summed E-state index contributed by atoms with van der Waals surface area (Å²) < 4.78 is 1.93. The van der Waals surface area contributed by atoms with Crippen molar-refractivity contribution in [2.75, 3.05) is 36.5 Å². The second kappa shape index (κ2) is 4.19. The van der Waals surface area contributed by atoms with Crippen LogP contribution in [-0.4, -0.2) is 40.5 Å². The first-order chi connectivity index (χ1) is 8.38. The molecule has 2 aromatic rings. The fourth-order valence-corrected chi connectivity index (χ4v) is 2.07. The SMILES string of the molecule is NNc1cn2ccnc2c(N2CCNCC2)n1. The molecule has 90 valence electrons. The number of anilines is 2. The van der Waals surface area contributed by atoms with Gasteiger partial charge < -0.3 is 20.0 Å². The highest BCUT2D eigenvalue weighted by atomic mass is 15.3. The molecule has 1 saturated heterocycles. The van der Waals surface area contributed by atoms with E-state index in [0.29, 0.717) is 5.82 Å². The molecule has 3 heterocycles. The molecule has 0 atom stereocenters. The molecule has 0 bridgehead atoms. The Morgan fingerprint density at radius 3 is 2.94 bits per heavy atom. The predicted octanol–water partition coefficient (Wildman–Crippen LogP) is -0.576. The van der Waals surface area contributed by atoms with Crippen molar-refractivity contribution in [1.29, 1.82) is 0 Å². The molecule has 0 radical (unpaired) electrons. The van der Waals surface area contributed by atoms with Crippen LogP contribution >= 0.6 is 0 Å². The van der Waals surface area contributed by atoms with Crippen LogP contribution in [0.1, 0.15) is 0 Å². The second-order valence-electron chi connectivity index (χ2n) is 3.99. The maximum atomic E-state index is 5.43. The van der Waals surface area contributed by atoms with Crippen LogP contribution in [-0.2, 0) is 0 Å². The van der Waals surface area contributed by atoms with Crippen molar-refractivity contribution in [3.8, 4) is 0 Å². The standard InChI is InChI=1S/C10H15N7/c11-15-8-7-17-6-3-13-9(17)10(14-8)16-4-1-12-2-5-16/h3,6-7,12,15H,1-2,4-5,11H2. The van der Waals surface area contributed by atoms with Gasteiger partial charge in [0.25, 0.3) is 0 Å². The van der Waals surface area contributed by atoms with E-state index in [9.17, 15) is 0 Å². The highest BCUT2D eigenvalue weighted by Gasteiger charge is 2.16. The van der Waals surface area contributed by atoms with Crippen LogP contribution in [0, 0.1) is 0 Å². The van der Waals surface area contributed by atoms with Crippen molar-refractivity contribution in [2.24, 2.45) is 5.84 Å².